The van der Waals surface area contributed by atoms with Gasteiger partial charge < -0.3 is 15.0 Å². The maximum absolute atomic E-state index is 12.9. The molecule has 1 atom stereocenters. The minimum atomic E-state index is -0.348. The number of ether oxygens (including phenoxy) is 1. The molecule has 0 spiro atoms. The van der Waals surface area contributed by atoms with E-state index in [0.29, 0.717) is 24.4 Å². The van der Waals surface area contributed by atoms with Crippen LogP contribution in [0.5, 0.6) is 5.75 Å². The van der Waals surface area contributed by atoms with Crippen molar-refractivity contribution >= 4 is 17.4 Å². The van der Waals surface area contributed by atoms with Crippen LogP contribution >= 0.6 is 0 Å². The summed E-state index contributed by atoms with van der Waals surface area (Å²) in [5.41, 5.74) is 2.05. The fourth-order valence-electron chi connectivity index (χ4n) is 2.63. The van der Waals surface area contributed by atoms with E-state index in [4.69, 9.17) is 4.74 Å². The third-order valence-electron chi connectivity index (χ3n) is 3.85. The van der Waals surface area contributed by atoms with Crippen molar-refractivity contribution in [2.24, 2.45) is 0 Å². The molecule has 0 saturated heterocycles. The number of amides is 1. The highest BCUT2D eigenvalue weighted by atomic mass is 19.1. The number of rotatable bonds is 8. The molecule has 2 aromatic carbocycles. The highest BCUT2D eigenvalue weighted by Crippen LogP contribution is 2.20. The lowest BCUT2D eigenvalue weighted by molar-refractivity contribution is -0.885. The Morgan fingerprint density at radius 3 is 2.46 bits per heavy atom. The summed E-state index contributed by atoms with van der Waals surface area (Å²) in [6, 6.07) is 11.0. The van der Waals surface area contributed by atoms with Crippen LogP contribution in [0.1, 0.15) is 29.8 Å². The summed E-state index contributed by atoms with van der Waals surface area (Å²) in [6.07, 6.45) is 0. The summed E-state index contributed by atoms with van der Waals surface area (Å²) in [7, 11) is 1.89. The van der Waals surface area contributed by atoms with Crippen LogP contribution in [0.4, 0.5) is 10.1 Å². The lowest BCUT2D eigenvalue weighted by Gasteiger charge is -2.17. The van der Waals surface area contributed by atoms with Crippen LogP contribution < -0.4 is 15.0 Å². The smallest absolute Gasteiger partial charge is 0.279 e. The van der Waals surface area contributed by atoms with Crippen molar-refractivity contribution in [1.82, 2.24) is 0 Å². The topological polar surface area (TPSA) is 59.8 Å². The molecule has 0 radical (unpaired) electrons. The second kappa shape index (κ2) is 9.10. The summed E-state index contributed by atoms with van der Waals surface area (Å²) in [5.74, 6) is 0.186. The van der Waals surface area contributed by atoms with E-state index < -0.39 is 0 Å². The molecule has 0 aromatic heterocycles. The molecule has 0 bridgehead atoms. The van der Waals surface area contributed by atoms with Crippen molar-refractivity contribution in [2.45, 2.75) is 20.4 Å². The molecule has 2 N–H and O–H groups in total. The van der Waals surface area contributed by atoms with E-state index in [1.807, 2.05) is 20.0 Å². The van der Waals surface area contributed by atoms with Gasteiger partial charge in [-0.2, -0.15) is 0 Å². The number of anilines is 1. The third kappa shape index (κ3) is 5.67. The maximum atomic E-state index is 12.9. The van der Waals surface area contributed by atoms with Gasteiger partial charge >= 0.3 is 0 Å². The number of likely N-dealkylation sites (N-methyl/N-ethyl adjacent to an activating group) is 1. The van der Waals surface area contributed by atoms with E-state index in [9.17, 15) is 14.0 Å². The number of hydrogen-bond acceptors (Lipinski definition) is 3. The van der Waals surface area contributed by atoms with Gasteiger partial charge in [0.25, 0.3) is 5.91 Å². The largest absolute Gasteiger partial charge is 0.493 e. The van der Waals surface area contributed by atoms with E-state index in [1.54, 1.807) is 12.1 Å². The summed E-state index contributed by atoms with van der Waals surface area (Å²) >= 11 is 0. The van der Waals surface area contributed by atoms with Gasteiger partial charge in [-0.3, -0.25) is 9.59 Å². The molecule has 0 aliphatic rings. The van der Waals surface area contributed by atoms with Crippen LogP contribution in [-0.4, -0.2) is 31.9 Å². The summed E-state index contributed by atoms with van der Waals surface area (Å²) < 4.78 is 18.5. The Labute approximate surface area is 152 Å². The van der Waals surface area contributed by atoms with Crippen molar-refractivity contribution in [3.8, 4) is 5.75 Å². The molecule has 5 nitrogen and oxygen atoms in total. The Morgan fingerprint density at radius 2 is 1.85 bits per heavy atom. The third-order valence-corrected chi connectivity index (χ3v) is 3.85. The fraction of sp³-hybridized carbons (Fsp3) is 0.300. The standard InChI is InChI=1S/C20H23FN2O3/c1-4-26-19-10-5-15(14(2)24)11-16(19)12-23(3)13-20(25)22-18-8-6-17(21)7-9-18/h5-11H,4,12-13H2,1-3H3,(H,22,25)/p+1. The number of hydrogen-bond donors (Lipinski definition) is 2. The van der Waals surface area contributed by atoms with Crippen molar-refractivity contribution < 1.29 is 23.6 Å². The molecular weight excluding hydrogens is 335 g/mol. The molecule has 1 amide bonds. The maximum Gasteiger partial charge on any atom is 0.279 e. The first-order chi connectivity index (χ1) is 12.4. The monoisotopic (exact) mass is 359 g/mol. The number of carbonyl (C=O) groups excluding carboxylic acids is 2. The van der Waals surface area contributed by atoms with Gasteiger partial charge in [0.1, 0.15) is 18.1 Å². The number of nitrogens with one attached hydrogen (secondary N) is 2. The average Bonchev–Trinajstić information content (AvgIpc) is 2.58. The molecule has 0 fully saturated rings. The summed E-state index contributed by atoms with van der Waals surface area (Å²) in [5, 5.41) is 2.74. The molecule has 1 unspecified atom stereocenters. The molecule has 2 aromatic rings. The first-order valence-electron chi connectivity index (χ1n) is 8.52. The van der Waals surface area contributed by atoms with Crippen molar-refractivity contribution in [3.63, 3.8) is 0 Å². The van der Waals surface area contributed by atoms with E-state index in [1.165, 1.54) is 31.2 Å². The summed E-state index contributed by atoms with van der Waals surface area (Å²) in [4.78, 5) is 24.7. The van der Waals surface area contributed by atoms with Crippen LogP contribution in [0, 0.1) is 5.82 Å². The molecule has 138 valence electrons. The van der Waals surface area contributed by atoms with Gasteiger partial charge in [-0.15, -0.1) is 0 Å². The Bertz CT molecular complexity index is 775. The zero-order valence-corrected chi connectivity index (χ0v) is 15.3. The minimum absolute atomic E-state index is 0.0130. The molecule has 0 aliphatic carbocycles. The molecule has 0 heterocycles. The van der Waals surface area contributed by atoms with Crippen LogP contribution in [0.2, 0.25) is 0 Å². The lowest BCUT2D eigenvalue weighted by atomic mass is 10.1. The molecule has 0 aliphatic heterocycles. The summed E-state index contributed by atoms with van der Waals surface area (Å²) in [6.45, 7) is 4.71. The number of benzene rings is 2. The van der Waals surface area contributed by atoms with E-state index in [-0.39, 0.29) is 24.1 Å². The first kappa shape index (κ1) is 19.6. The van der Waals surface area contributed by atoms with Gasteiger partial charge in [-0.05, 0) is 56.3 Å². The molecule has 0 saturated carbocycles. The van der Waals surface area contributed by atoms with Gasteiger partial charge in [0.2, 0.25) is 0 Å². The molecule has 26 heavy (non-hydrogen) atoms. The number of Topliss-reactive ketones (excluding diaryl/α,β-unsaturated/α-hetero) is 1. The number of quaternary nitrogens is 1. The van der Waals surface area contributed by atoms with Gasteiger partial charge in [-0.1, -0.05) is 0 Å². The lowest BCUT2D eigenvalue weighted by Crippen LogP contribution is -3.08. The zero-order valence-electron chi connectivity index (χ0n) is 15.3. The van der Waals surface area contributed by atoms with Gasteiger partial charge in [0.15, 0.2) is 12.3 Å². The van der Waals surface area contributed by atoms with Crippen molar-refractivity contribution in [3.05, 3.63) is 59.4 Å². The second-order valence-electron chi connectivity index (χ2n) is 6.18. The second-order valence-corrected chi connectivity index (χ2v) is 6.18. The quantitative estimate of drug-likeness (QED) is 0.710. The number of carbonyl (C=O) groups is 2. The van der Waals surface area contributed by atoms with Crippen LogP contribution in [0.3, 0.4) is 0 Å². The molecule has 6 heteroatoms. The first-order valence-corrected chi connectivity index (χ1v) is 8.52. The Kier molecular flexibility index (Phi) is 6.86. The van der Waals surface area contributed by atoms with Crippen LogP contribution in [0.25, 0.3) is 0 Å². The molecular formula is C20H24FN2O3+. The Balaban J connectivity index is 2.02. The van der Waals surface area contributed by atoms with Crippen molar-refractivity contribution in [1.29, 1.82) is 0 Å². The Morgan fingerprint density at radius 1 is 1.15 bits per heavy atom. The van der Waals surface area contributed by atoms with Gasteiger partial charge in [-0.25, -0.2) is 4.39 Å². The van der Waals surface area contributed by atoms with E-state index in [0.717, 1.165) is 16.2 Å². The normalized spacial score (nSPS) is 11.7. The average molecular weight is 359 g/mol. The van der Waals surface area contributed by atoms with Crippen LogP contribution in [-0.2, 0) is 11.3 Å². The predicted octanol–water partition coefficient (Wildman–Crippen LogP) is 2.08. The Hall–Kier alpha value is -2.73. The van der Waals surface area contributed by atoms with Gasteiger partial charge in [0, 0.05) is 16.8 Å². The number of ketones is 1. The predicted molar refractivity (Wildman–Crippen MR) is 98.1 cm³/mol. The van der Waals surface area contributed by atoms with E-state index >= 15 is 0 Å². The SMILES string of the molecule is CCOc1ccc(C(C)=O)cc1C[NH+](C)CC(=O)Nc1ccc(F)cc1. The van der Waals surface area contributed by atoms with Gasteiger partial charge in [0.05, 0.1) is 13.7 Å². The van der Waals surface area contributed by atoms with E-state index in [2.05, 4.69) is 5.32 Å². The van der Waals surface area contributed by atoms with Crippen LogP contribution in [0.15, 0.2) is 42.5 Å². The highest BCUT2D eigenvalue weighted by Gasteiger charge is 2.15. The zero-order chi connectivity index (χ0) is 19.1. The number of halogens is 1. The minimum Gasteiger partial charge on any atom is -0.493 e. The highest BCUT2D eigenvalue weighted by molar-refractivity contribution is 5.94. The molecule has 2 rings (SSSR count). The fourth-order valence-corrected chi connectivity index (χ4v) is 2.63. The van der Waals surface area contributed by atoms with Crippen molar-refractivity contribution in [2.75, 3.05) is 25.5 Å².